The number of nitrogens with zero attached hydrogens (tertiary/aromatic N) is 1. The fourth-order valence-electron chi connectivity index (χ4n) is 5.06. The van der Waals surface area contributed by atoms with Crippen molar-refractivity contribution < 1.29 is 18.7 Å². The molecule has 0 fully saturated rings. The van der Waals surface area contributed by atoms with Crippen LogP contribution in [-0.2, 0) is 0 Å². The molecule has 39 heavy (non-hydrogen) atoms. The number of methoxy groups -OCH3 is 1. The lowest BCUT2D eigenvalue weighted by Crippen LogP contribution is -2.29. The van der Waals surface area contributed by atoms with Crippen LogP contribution in [0.25, 0.3) is 11.0 Å². The number of amides is 1. The van der Waals surface area contributed by atoms with Crippen LogP contribution in [0.5, 0.6) is 11.5 Å². The van der Waals surface area contributed by atoms with Gasteiger partial charge in [-0.25, -0.2) is 0 Å². The molecule has 3 aromatic carbocycles. The van der Waals surface area contributed by atoms with Gasteiger partial charge in [-0.05, 0) is 104 Å². The summed E-state index contributed by atoms with van der Waals surface area (Å²) in [6.07, 6.45) is 0.920. The lowest BCUT2D eigenvalue weighted by atomic mass is 9.96. The molecule has 1 atom stereocenters. The summed E-state index contributed by atoms with van der Waals surface area (Å²) in [6, 6.07) is 14.5. The third-order valence-electron chi connectivity index (χ3n) is 7.71. The Morgan fingerprint density at radius 3 is 2.28 bits per heavy atom. The smallest absolute Gasteiger partial charge is 0.295 e. The predicted octanol–water partition coefficient (Wildman–Crippen LogP) is 7.21. The first-order chi connectivity index (χ1) is 18.6. The monoisotopic (exact) mass is 525 g/mol. The predicted molar refractivity (Wildman–Crippen MR) is 154 cm³/mol. The van der Waals surface area contributed by atoms with Gasteiger partial charge in [0.25, 0.3) is 5.91 Å². The molecule has 0 radical (unpaired) electrons. The molecule has 6 nitrogen and oxygen atoms in total. The lowest BCUT2D eigenvalue weighted by Gasteiger charge is -2.26. The number of anilines is 1. The van der Waals surface area contributed by atoms with Crippen LogP contribution >= 0.6 is 0 Å². The van der Waals surface area contributed by atoms with Gasteiger partial charge in [-0.1, -0.05) is 26.0 Å². The molecule has 6 heteroatoms. The van der Waals surface area contributed by atoms with Crippen LogP contribution in [0.15, 0.2) is 57.7 Å². The van der Waals surface area contributed by atoms with E-state index in [1.807, 2.05) is 76.2 Å². The SMILES string of the molecule is COc1cc(C2c3c(oc4cc(C)c(C)cc4c3=O)C(=O)N2c2ccc(C)c(C)c2)ccc1OCCC(C)C. The first-order valence-electron chi connectivity index (χ1n) is 13.4. The Morgan fingerprint density at radius 1 is 0.872 bits per heavy atom. The van der Waals surface area contributed by atoms with Crippen molar-refractivity contribution in [1.82, 2.24) is 0 Å². The summed E-state index contributed by atoms with van der Waals surface area (Å²) in [5, 5.41) is 0.470. The number of carbonyl (C=O) groups excluding carboxylic acids is 1. The highest BCUT2D eigenvalue weighted by molar-refractivity contribution is 6.10. The van der Waals surface area contributed by atoms with E-state index in [4.69, 9.17) is 13.9 Å². The summed E-state index contributed by atoms with van der Waals surface area (Å²) in [5.41, 5.74) is 6.16. The average Bonchev–Trinajstić information content (AvgIpc) is 3.19. The molecular formula is C33H35NO5. The van der Waals surface area contributed by atoms with Crippen LogP contribution in [0, 0.1) is 33.6 Å². The Morgan fingerprint density at radius 2 is 1.59 bits per heavy atom. The largest absolute Gasteiger partial charge is 0.493 e. The Balaban J connectivity index is 1.71. The molecule has 2 heterocycles. The van der Waals surface area contributed by atoms with E-state index in [2.05, 4.69) is 13.8 Å². The third kappa shape index (κ3) is 4.69. The highest BCUT2D eigenvalue weighted by Crippen LogP contribution is 2.43. The van der Waals surface area contributed by atoms with Gasteiger partial charge in [-0.3, -0.25) is 14.5 Å². The molecular weight excluding hydrogens is 490 g/mol. The van der Waals surface area contributed by atoms with Crippen LogP contribution in [-0.4, -0.2) is 19.6 Å². The normalized spacial score (nSPS) is 14.8. The van der Waals surface area contributed by atoms with Gasteiger partial charge in [0.15, 0.2) is 16.9 Å². The molecule has 0 spiro atoms. The number of aryl methyl sites for hydroxylation is 4. The summed E-state index contributed by atoms with van der Waals surface area (Å²) in [4.78, 5) is 29.7. The molecule has 1 amide bonds. The third-order valence-corrected chi connectivity index (χ3v) is 7.71. The Bertz CT molecular complexity index is 1650. The van der Waals surface area contributed by atoms with Crippen molar-refractivity contribution >= 4 is 22.6 Å². The lowest BCUT2D eigenvalue weighted by molar-refractivity contribution is 0.0971. The van der Waals surface area contributed by atoms with Crippen molar-refractivity contribution in [1.29, 1.82) is 0 Å². The maximum atomic E-state index is 14.0. The molecule has 4 aromatic rings. The molecule has 0 N–H and O–H groups in total. The van der Waals surface area contributed by atoms with Crippen LogP contribution in [0.4, 0.5) is 5.69 Å². The van der Waals surface area contributed by atoms with Crippen molar-refractivity contribution in [2.45, 2.75) is 54.0 Å². The molecule has 1 aliphatic heterocycles. The molecule has 5 rings (SSSR count). The van der Waals surface area contributed by atoms with Crippen LogP contribution in [0.1, 0.15) is 70.2 Å². The summed E-state index contributed by atoms with van der Waals surface area (Å²) in [6.45, 7) is 12.8. The standard InChI is InChI=1S/C33H35NO5/c1-18(2)12-13-38-26-11-9-23(17-28(26)37-7)30-29-31(35)25-15-21(5)22(6)16-27(25)39-32(29)33(36)34(30)24-10-8-19(3)20(4)14-24/h8-11,14-18,30H,12-13H2,1-7H3. The molecule has 0 aliphatic carbocycles. The summed E-state index contributed by atoms with van der Waals surface area (Å²) in [7, 11) is 1.59. The van der Waals surface area contributed by atoms with Gasteiger partial charge in [0.2, 0.25) is 5.76 Å². The number of ether oxygens (including phenoxy) is 2. The number of benzene rings is 3. The molecule has 0 saturated heterocycles. The first-order valence-corrected chi connectivity index (χ1v) is 13.4. The van der Waals surface area contributed by atoms with E-state index in [0.717, 1.165) is 34.2 Å². The van der Waals surface area contributed by atoms with Crippen molar-refractivity contribution in [2.24, 2.45) is 5.92 Å². The number of hydrogen-bond acceptors (Lipinski definition) is 5. The Labute approximate surface area is 229 Å². The van der Waals surface area contributed by atoms with Crippen molar-refractivity contribution in [3.05, 3.63) is 97.9 Å². The zero-order valence-electron chi connectivity index (χ0n) is 23.7. The second-order valence-electron chi connectivity index (χ2n) is 10.9. The van der Waals surface area contributed by atoms with Crippen LogP contribution in [0.3, 0.4) is 0 Å². The van der Waals surface area contributed by atoms with E-state index < -0.39 is 6.04 Å². The maximum Gasteiger partial charge on any atom is 0.295 e. The molecule has 0 saturated carbocycles. The fourth-order valence-corrected chi connectivity index (χ4v) is 5.06. The topological polar surface area (TPSA) is 69.0 Å². The minimum Gasteiger partial charge on any atom is -0.493 e. The molecule has 0 bridgehead atoms. The zero-order chi connectivity index (χ0) is 28.0. The minimum atomic E-state index is -0.685. The fraction of sp³-hybridized carbons (Fsp3) is 0.333. The van der Waals surface area contributed by atoms with Crippen molar-refractivity contribution in [2.75, 3.05) is 18.6 Å². The molecule has 202 valence electrons. The first kappa shape index (κ1) is 26.5. The van der Waals surface area contributed by atoms with E-state index >= 15 is 0 Å². The minimum absolute atomic E-state index is 0.0789. The van der Waals surface area contributed by atoms with E-state index in [1.165, 1.54) is 0 Å². The summed E-state index contributed by atoms with van der Waals surface area (Å²) in [5.74, 6) is 1.43. The maximum absolute atomic E-state index is 14.0. The summed E-state index contributed by atoms with van der Waals surface area (Å²) >= 11 is 0. The van der Waals surface area contributed by atoms with E-state index in [1.54, 1.807) is 12.0 Å². The number of carbonyl (C=O) groups is 1. The van der Waals surface area contributed by atoms with E-state index in [9.17, 15) is 9.59 Å². The van der Waals surface area contributed by atoms with E-state index in [0.29, 0.717) is 46.2 Å². The van der Waals surface area contributed by atoms with Gasteiger partial charge in [-0.15, -0.1) is 0 Å². The summed E-state index contributed by atoms with van der Waals surface area (Å²) < 4.78 is 17.9. The Kier molecular flexibility index (Phi) is 6.98. The van der Waals surface area contributed by atoms with E-state index in [-0.39, 0.29) is 17.1 Å². The molecule has 1 unspecified atom stereocenters. The molecule has 1 aliphatic rings. The van der Waals surface area contributed by atoms with Gasteiger partial charge >= 0.3 is 0 Å². The zero-order valence-corrected chi connectivity index (χ0v) is 23.7. The highest BCUT2D eigenvalue weighted by Gasteiger charge is 2.44. The number of hydrogen-bond donors (Lipinski definition) is 0. The van der Waals surface area contributed by atoms with Gasteiger partial charge in [-0.2, -0.15) is 0 Å². The second kappa shape index (κ2) is 10.3. The van der Waals surface area contributed by atoms with Gasteiger partial charge < -0.3 is 13.9 Å². The van der Waals surface area contributed by atoms with Gasteiger partial charge in [0, 0.05) is 5.69 Å². The van der Waals surface area contributed by atoms with Crippen molar-refractivity contribution in [3.63, 3.8) is 0 Å². The van der Waals surface area contributed by atoms with Crippen LogP contribution in [0.2, 0.25) is 0 Å². The van der Waals surface area contributed by atoms with Crippen LogP contribution < -0.4 is 19.8 Å². The van der Waals surface area contributed by atoms with Crippen molar-refractivity contribution in [3.8, 4) is 11.5 Å². The van der Waals surface area contributed by atoms with Gasteiger partial charge in [0.05, 0.1) is 30.7 Å². The highest BCUT2D eigenvalue weighted by atomic mass is 16.5. The molecule has 1 aromatic heterocycles. The second-order valence-corrected chi connectivity index (χ2v) is 10.9. The number of rotatable bonds is 7. The number of fused-ring (bicyclic) bond motifs is 2. The Hall–Kier alpha value is -4.06. The van der Waals surface area contributed by atoms with Gasteiger partial charge in [0.1, 0.15) is 5.58 Å². The average molecular weight is 526 g/mol. The quantitative estimate of drug-likeness (QED) is 0.255.